The Labute approximate surface area is 85.3 Å². The van der Waals surface area contributed by atoms with Gasteiger partial charge in [0.1, 0.15) is 5.82 Å². The van der Waals surface area contributed by atoms with Gasteiger partial charge in [-0.2, -0.15) is 0 Å². The summed E-state index contributed by atoms with van der Waals surface area (Å²) in [4.78, 5) is 0. The minimum Gasteiger partial charge on any atom is -0.380 e. The zero-order valence-corrected chi connectivity index (χ0v) is 9.05. The van der Waals surface area contributed by atoms with Gasteiger partial charge in [0.15, 0.2) is 0 Å². The lowest BCUT2D eigenvalue weighted by Gasteiger charge is -2.21. The minimum atomic E-state index is -0.178. The SMILES string of the molecule is CCC(C)C(C)Nc1ccccc1F. The summed E-state index contributed by atoms with van der Waals surface area (Å²) in [6.45, 7) is 6.39. The summed E-state index contributed by atoms with van der Waals surface area (Å²) < 4.78 is 13.3. The fraction of sp³-hybridized carbons (Fsp3) is 0.500. The van der Waals surface area contributed by atoms with Gasteiger partial charge in [0.25, 0.3) is 0 Å². The second-order valence-electron chi connectivity index (χ2n) is 3.80. The van der Waals surface area contributed by atoms with Crippen LogP contribution in [-0.4, -0.2) is 6.04 Å². The first-order valence-corrected chi connectivity index (χ1v) is 5.16. The fourth-order valence-corrected chi connectivity index (χ4v) is 1.32. The first-order chi connectivity index (χ1) is 6.65. The molecule has 1 aromatic carbocycles. The minimum absolute atomic E-state index is 0.178. The van der Waals surface area contributed by atoms with E-state index in [1.54, 1.807) is 12.1 Å². The Morgan fingerprint density at radius 1 is 1.29 bits per heavy atom. The van der Waals surface area contributed by atoms with Crippen molar-refractivity contribution in [1.82, 2.24) is 0 Å². The average molecular weight is 195 g/mol. The zero-order valence-electron chi connectivity index (χ0n) is 9.05. The number of halogens is 1. The summed E-state index contributed by atoms with van der Waals surface area (Å²) in [6.07, 6.45) is 1.10. The van der Waals surface area contributed by atoms with Crippen molar-refractivity contribution >= 4 is 5.69 Å². The molecule has 1 aromatic rings. The van der Waals surface area contributed by atoms with Crippen molar-refractivity contribution in [3.8, 4) is 0 Å². The maximum absolute atomic E-state index is 13.3. The van der Waals surface area contributed by atoms with Gasteiger partial charge in [-0.15, -0.1) is 0 Å². The van der Waals surface area contributed by atoms with Crippen LogP contribution in [0.1, 0.15) is 27.2 Å². The molecule has 1 nitrogen and oxygen atoms in total. The van der Waals surface area contributed by atoms with Gasteiger partial charge in [-0.05, 0) is 25.0 Å². The highest BCUT2D eigenvalue weighted by molar-refractivity contribution is 5.45. The van der Waals surface area contributed by atoms with Crippen molar-refractivity contribution in [3.05, 3.63) is 30.1 Å². The molecule has 0 radical (unpaired) electrons. The molecule has 2 unspecified atom stereocenters. The summed E-state index contributed by atoms with van der Waals surface area (Å²) in [6, 6.07) is 7.10. The summed E-state index contributed by atoms with van der Waals surface area (Å²) in [5.41, 5.74) is 0.598. The first kappa shape index (κ1) is 11.0. The molecule has 0 heterocycles. The van der Waals surface area contributed by atoms with E-state index >= 15 is 0 Å². The summed E-state index contributed by atoms with van der Waals surface area (Å²) in [7, 11) is 0. The van der Waals surface area contributed by atoms with Crippen LogP contribution in [0.4, 0.5) is 10.1 Å². The number of anilines is 1. The number of hydrogen-bond donors (Lipinski definition) is 1. The van der Waals surface area contributed by atoms with Crippen LogP contribution in [0.25, 0.3) is 0 Å². The maximum Gasteiger partial charge on any atom is 0.146 e. The summed E-state index contributed by atoms with van der Waals surface area (Å²) in [5.74, 6) is 0.372. The third-order valence-corrected chi connectivity index (χ3v) is 2.75. The van der Waals surface area contributed by atoms with Crippen molar-refractivity contribution in [2.45, 2.75) is 33.2 Å². The van der Waals surface area contributed by atoms with E-state index in [0.717, 1.165) is 6.42 Å². The monoisotopic (exact) mass is 195 g/mol. The van der Waals surface area contributed by atoms with E-state index in [1.807, 2.05) is 6.07 Å². The van der Waals surface area contributed by atoms with Crippen LogP contribution >= 0.6 is 0 Å². The molecule has 78 valence electrons. The summed E-state index contributed by atoms with van der Waals surface area (Å²) >= 11 is 0. The topological polar surface area (TPSA) is 12.0 Å². The third-order valence-electron chi connectivity index (χ3n) is 2.75. The normalized spacial score (nSPS) is 14.9. The molecule has 1 rings (SSSR count). The van der Waals surface area contributed by atoms with Gasteiger partial charge in [-0.25, -0.2) is 4.39 Å². The molecule has 0 aliphatic rings. The predicted octanol–water partition coefficient (Wildman–Crippen LogP) is 3.67. The highest BCUT2D eigenvalue weighted by atomic mass is 19.1. The molecule has 14 heavy (non-hydrogen) atoms. The van der Waals surface area contributed by atoms with Gasteiger partial charge >= 0.3 is 0 Å². The first-order valence-electron chi connectivity index (χ1n) is 5.16. The van der Waals surface area contributed by atoms with Crippen molar-refractivity contribution in [2.24, 2.45) is 5.92 Å². The second kappa shape index (κ2) is 4.99. The standard InChI is InChI=1S/C12H18FN/c1-4-9(2)10(3)14-12-8-6-5-7-11(12)13/h5-10,14H,4H2,1-3H3. The molecule has 0 aromatic heterocycles. The van der Waals surface area contributed by atoms with E-state index in [0.29, 0.717) is 17.6 Å². The molecule has 0 fully saturated rings. The molecule has 1 N–H and O–H groups in total. The van der Waals surface area contributed by atoms with Crippen LogP contribution in [0.5, 0.6) is 0 Å². The lowest BCUT2D eigenvalue weighted by Crippen LogP contribution is -2.23. The van der Waals surface area contributed by atoms with Crippen LogP contribution in [-0.2, 0) is 0 Å². The van der Waals surface area contributed by atoms with Crippen molar-refractivity contribution in [1.29, 1.82) is 0 Å². The molecule has 0 aliphatic heterocycles. The predicted molar refractivity (Wildman–Crippen MR) is 58.9 cm³/mol. The quantitative estimate of drug-likeness (QED) is 0.773. The second-order valence-corrected chi connectivity index (χ2v) is 3.80. The Morgan fingerprint density at radius 2 is 1.93 bits per heavy atom. The van der Waals surface area contributed by atoms with Gasteiger partial charge in [0.05, 0.1) is 5.69 Å². The Hall–Kier alpha value is -1.05. The lowest BCUT2D eigenvalue weighted by molar-refractivity contribution is 0.491. The molecule has 2 heteroatoms. The van der Waals surface area contributed by atoms with Crippen LogP contribution in [0, 0.1) is 11.7 Å². The van der Waals surface area contributed by atoms with Gasteiger partial charge in [0.2, 0.25) is 0 Å². The van der Waals surface area contributed by atoms with Gasteiger partial charge in [0, 0.05) is 6.04 Å². The Kier molecular flexibility index (Phi) is 3.93. The van der Waals surface area contributed by atoms with Gasteiger partial charge < -0.3 is 5.32 Å². The fourth-order valence-electron chi connectivity index (χ4n) is 1.32. The van der Waals surface area contributed by atoms with Crippen LogP contribution in [0.3, 0.4) is 0 Å². The number of rotatable bonds is 4. The molecule has 0 aliphatic carbocycles. The molecular formula is C12H18FN. The molecule has 0 bridgehead atoms. The average Bonchev–Trinajstić information content (AvgIpc) is 2.20. The third kappa shape index (κ3) is 2.72. The zero-order chi connectivity index (χ0) is 10.6. The Bertz CT molecular complexity index is 285. The lowest BCUT2D eigenvalue weighted by atomic mass is 10.0. The van der Waals surface area contributed by atoms with Crippen molar-refractivity contribution in [3.63, 3.8) is 0 Å². The van der Waals surface area contributed by atoms with Crippen molar-refractivity contribution < 1.29 is 4.39 Å². The number of para-hydroxylation sites is 1. The molecule has 0 saturated carbocycles. The number of benzene rings is 1. The maximum atomic E-state index is 13.3. The van der Waals surface area contributed by atoms with Crippen LogP contribution < -0.4 is 5.32 Å². The Balaban J connectivity index is 2.64. The molecule has 0 saturated heterocycles. The number of hydrogen-bond acceptors (Lipinski definition) is 1. The van der Waals surface area contributed by atoms with E-state index in [1.165, 1.54) is 6.07 Å². The van der Waals surface area contributed by atoms with E-state index < -0.39 is 0 Å². The Morgan fingerprint density at radius 3 is 2.50 bits per heavy atom. The van der Waals surface area contributed by atoms with E-state index in [2.05, 4.69) is 26.1 Å². The van der Waals surface area contributed by atoms with Crippen molar-refractivity contribution in [2.75, 3.05) is 5.32 Å². The van der Waals surface area contributed by atoms with Gasteiger partial charge in [-0.3, -0.25) is 0 Å². The van der Waals surface area contributed by atoms with E-state index in [-0.39, 0.29) is 5.82 Å². The highest BCUT2D eigenvalue weighted by Gasteiger charge is 2.11. The van der Waals surface area contributed by atoms with Crippen LogP contribution in [0.15, 0.2) is 24.3 Å². The molecular weight excluding hydrogens is 177 g/mol. The largest absolute Gasteiger partial charge is 0.380 e. The highest BCUT2D eigenvalue weighted by Crippen LogP contribution is 2.17. The molecule has 0 amide bonds. The van der Waals surface area contributed by atoms with E-state index in [9.17, 15) is 4.39 Å². The number of nitrogens with one attached hydrogen (secondary N) is 1. The molecule has 2 atom stereocenters. The smallest absolute Gasteiger partial charge is 0.146 e. The van der Waals surface area contributed by atoms with E-state index in [4.69, 9.17) is 0 Å². The van der Waals surface area contributed by atoms with Gasteiger partial charge in [-0.1, -0.05) is 32.4 Å². The summed E-state index contributed by atoms with van der Waals surface area (Å²) in [5, 5.41) is 3.19. The van der Waals surface area contributed by atoms with Crippen LogP contribution in [0.2, 0.25) is 0 Å². The molecule has 0 spiro atoms.